The monoisotopic (exact) mass is 356 g/mol. The van der Waals surface area contributed by atoms with Gasteiger partial charge in [0.25, 0.3) is 5.91 Å². The average Bonchev–Trinajstić information content (AvgIpc) is 2.64. The van der Waals surface area contributed by atoms with Crippen molar-refractivity contribution in [2.24, 2.45) is 28.3 Å². The molecule has 0 aliphatic heterocycles. The summed E-state index contributed by atoms with van der Waals surface area (Å²) >= 11 is 0. The number of hydrogen-bond acceptors (Lipinski definition) is 4. The highest BCUT2D eigenvalue weighted by Crippen LogP contribution is 2.60. The molecule has 4 aliphatic carbocycles. The van der Waals surface area contributed by atoms with Crippen LogP contribution in [0.15, 0.2) is 23.3 Å². The summed E-state index contributed by atoms with van der Waals surface area (Å²) < 4.78 is 10.5. The molecule has 4 aliphatic rings. The molecule has 1 amide bonds. The zero-order valence-corrected chi connectivity index (χ0v) is 15.9. The summed E-state index contributed by atoms with van der Waals surface area (Å²) in [5.74, 6) is 3.54. The molecule has 4 saturated carbocycles. The minimum absolute atomic E-state index is 0.213. The third-order valence-corrected chi connectivity index (χ3v) is 6.78. The van der Waals surface area contributed by atoms with Gasteiger partial charge in [-0.05, 0) is 81.4 Å². The van der Waals surface area contributed by atoms with E-state index in [4.69, 9.17) is 9.47 Å². The van der Waals surface area contributed by atoms with Gasteiger partial charge in [-0.1, -0.05) is 0 Å². The van der Waals surface area contributed by atoms with E-state index in [0.717, 1.165) is 23.5 Å². The molecule has 0 saturated heterocycles. The van der Waals surface area contributed by atoms with Gasteiger partial charge >= 0.3 is 0 Å². The smallest absolute Gasteiger partial charge is 0.271 e. The lowest BCUT2D eigenvalue weighted by Crippen LogP contribution is -2.49. The second kappa shape index (κ2) is 6.60. The van der Waals surface area contributed by atoms with Crippen LogP contribution in [0.1, 0.15) is 55.8 Å². The SMILES string of the molecule is COc1ccc(C(=O)N/N=C(/C)C23CC4CC(CC(C4)C2)C3)cc1OC. The van der Waals surface area contributed by atoms with Gasteiger partial charge in [-0.25, -0.2) is 5.43 Å². The van der Waals surface area contributed by atoms with E-state index in [1.807, 2.05) is 0 Å². The first-order valence-corrected chi connectivity index (χ1v) is 9.60. The van der Waals surface area contributed by atoms with Gasteiger partial charge in [0.15, 0.2) is 11.5 Å². The van der Waals surface area contributed by atoms with Crippen molar-refractivity contribution in [3.05, 3.63) is 23.8 Å². The number of rotatable bonds is 5. The van der Waals surface area contributed by atoms with Crippen molar-refractivity contribution in [3.8, 4) is 11.5 Å². The maximum absolute atomic E-state index is 12.5. The topological polar surface area (TPSA) is 59.9 Å². The lowest BCUT2D eigenvalue weighted by Gasteiger charge is -2.56. The summed E-state index contributed by atoms with van der Waals surface area (Å²) in [6, 6.07) is 5.15. The molecule has 0 radical (unpaired) electrons. The summed E-state index contributed by atoms with van der Waals surface area (Å²) in [6.45, 7) is 2.10. The largest absolute Gasteiger partial charge is 0.493 e. The third-order valence-electron chi connectivity index (χ3n) is 6.78. The molecular weight excluding hydrogens is 328 g/mol. The molecule has 140 valence electrons. The molecule has 4 bridgehead atoms. The van der Waals surface area contributed by atoms with Crippen LogP contribution in [0.2, 0.25) is 0 Å². The maximum atomic E-state index is 12.5. The molecule has 0 atom stereocenters. The zero-order chi connectivity index (χ0) is 18.3. The fourth-order valence-corrected chi connectivity index (χ4v) is 5.85. The molecule has 5 nitrogen and oxygen atoms in total. The van der Waals surface area contributed by atoms with Crippen molar-refractivity contribution < 1.29 is 14.3 Å². The number of nitrogens with one attached hydrogen (secondary N) is 1. The Morgan fingerprint density at radius 3 is 2.15 bits per heavy atom. The van der Waals surface area contributed by atoms with E-state index in [1.54, 1.807) is 32.4 Å². The standard InChI is InChI=1S/C21H28N2O3/c1-13(21-10-14-6-15(11-21)8-16(7-14)12-21)22-23-20(24)17-4-5-18(25-2)19(9-17)26-3/h4-5,9,14-16H,6-8,10-12H2,1-3H3,(H,23,24)/b22-13-. The van der Waals surface area contributed by atoms with E-state index in [9.17, 15) is 4.79 Å². The molecule has 1 aromatic rings. The number of hydrogen-bond donors (Lipinski definition) is 1. The lowest BCUT2D eigenvalue weighted by atomic mass is 9.48. The van der Waals surface area contributed by atoms with Crippen LogP contribution in [0.25, 0.3) is 0 Å². The van der Waals surface area contributed by atoms with Crippen LogP contribution >= 0.6 is 0 Å². The highest BCUT2D eigenvalue weighted by atomic mass is 16.5. The van der Waals surface area contributed by atoms with Gasteiger partial charge in [0.05, 0.1) is 14.2 Å². The molecule has 0 heterocycles. The van der Waals surface area contributed by atoms with E-state index >= 15 is 0 Å². The van der Waals surface area contributed by atoms with E-state index in [2.05, 4.69) is 17.5 Å². The predicted molar refractivity (Wildman–Crippen MR) is 101 cm³/mol. The van der Waals surface area contributed by atoms with Crippen LogP contribution in [-0.2, 0) is 0 Å². The molecule has 0 aromatic heterocycles. The Bertz CT molecular complexity index is 705. The highest BCUT2D eigenvalue weighted by molar-refractivity contribution is 5.96. The third kappa shape index (κ3) is 2.97. The molecule has 1 N–H and O–H groups in total. The van der Waals surface area contributed by atoms with Crippen LogP contribution in [0.5, 0.6) is 11.5 Å². The first-order chi connectivity index (χ1) is 12.5. The quantitative estimate of drug-likeness (QED) is 0.640. The van der Waals surface area contributed by atoms with Crippen LogP contribution in [0, 0.1) is 23.2 Å². The van der Waals surface area contributed by atoms with E-state index in [1.165, 1.54) is 38.5 Å². The number of methoxy groups -OCH3 is 2. The van der Waals surface area contributed by atoms with Crippen LogP contribution < -0.4 is 14.9 Å². The van der Waals surface area contributed by atoms with Gasteiger partial charge in [0, 0.05) is 16.7 Å². The van der Waals surface area contributed by atoms with Crippen molar-refractivity contribution in [3.63, 3.8) is 0 Å². The van der Waals surface area contributed by atoms with Crippen LogP contribution in [-0.4, -0.2) is 25.8 Å². The number of ether oxygens (including phenoxy) is 2. The number of carbonyl (C=O) groups excluding carboxylic acids is 1. The average molecular weight is 356 g/mol. The molecular formula is C21H28N2O3. The number of amides is 1. The van der Waals surface area contributed by atoms with Gasteiger partial charge in [-0.3, -0.25) is 4.79 Å². The number of benzene rings is 1. The summed E-state index contributed by atoms with van der Waals surface area (Å²) in [4.78, 5) is 12.5. The fraction of sp³-hybridized carbons (Fsp3) is 0.619. The summed E-state index contributed by atoms with van der Waals surface area (Å²) in [6.07, 6.45) is 7.97. The van der Waals surface area contributed by atoms with Crippen molar-refractivity contribution in [2.75, 3.05) is 14.2 Å². The Hall–Kier alpha value is -2.04. The van der Waals surface area contributed by atoms with Crippen molar-refractivity contribution >= 4 is 11.6 Å². The molecule has 5 heteroatoms. The maximum Gasteiger partial charge on any atom is 0.271 e. The predicted octanol–water partition coefficient (Wildman–Crippen LogP) is 4.03. The van der Waals surface area contributed by atoms with Gasteiger partial charge in [0.1, 0.15) is 0 Å². The minimum atomic E-state index is -0.213. The number of nitrogens with zero attached hydrogens (tertiary/aromatic N) is 1. The summed E-state index contributed by atoms with van der Waals surface area (Å²) in [7, 11) is 3.14. The number of carbonyl (C=O) groups is 1. The lowest BCUT2D eigenvalue weighted by molar-refractivity contribution is -0.0128. The molecule has 0 spiro atoms. The second-order valence-electron chi connectivity index (χ2n) is 8.41. The molecule has 5 rings (SSSR count). The molecule has 0 unspecified atom stereocenters. The van der Waals surface area contributed by atoms with Gasteiger partial charge in [-0.15, -0.1) is 0 Å². The highest BCUT2D eigenvalue weighted by Gasteiger charge is 2.52. The Balaban J connectivity index is 1.48. The van der Waals surface area contributed by atoms with Crippen LogP contribution in [0.4, 0.5) is 0 Å². The summed E-state index contributed by atoms with van der Waals surface area (Å²) in [5, 5.41) is 4.53. The Kier molecular flexibility index (Phi) is 4.41. The normalized spacial score (nSPS) is 32.4. The van der Waals surface area contributed by atoms with E-state index < -0.39 is 0 Å². The van der Waals surface area contributed by atoms with Gasteiger partial charge in [0.2, 0.25) is 0 Å². The van der Waals surface area contributed by atoms with E-state index in [-0.39, 0.29) is 11.3 Å². The second-order valence-corrected chi connectivity index (χ2v) is 8.41. The Morgan fingerprint density at radius 2 is 1.62 bits per heavy atom. The zero-order valence-electron chi connectivity index (χ0n) is 15.9. The van der Waals surface area contributed by atoms with Crippen molar-refractivity contribution in [2.45, 2.75) is 45.4 Å². The van der Waals surface area contributed by atoms with Gasteiger partial charge in [-0.2, -0.15) is 5.10 Å². The minimum Gasteiger partial charge on any atom is -0.493 e. The van der Waals surface area contributed by atoms with E-state index in [0.29, 0.717) is 17.1 Å². The Labute approximate surface area is 155 Å². The summed E-state index contributed by atoms with van der Waals surface area (Å²) in [5.41, 5.74) is 4.61. The fourth-order valence-electron chi connectivity index (χ4n) is 5.85. The van der Waals surface area contributed by atoms with Gasteiger partial charge < -0.3 is 9.47 Å². The Morgan fingerprint density at radius 1 is 1.04 bits per heavy atom. The van der Waals surface area contributed by atoms with Crippen LogP contribution in [0.3, 0.4) is 0 Å². The first-order valence-electron chi connectivity index (χ1n) is 9.60. The first kappa shape index (κ1) is 17.4. The molecule has 26 heavy (non-hydrogen) atoms. The number of hydrazone groups is 1. The molecule has 1 aromatic carbocycles. The molecule has 4 fully saturated rings. The van der Waals surface area contributed by atoms with Crippen molar-refractivity contribution in [1.82, 2.24) is 5.43 Å². The van der Waals surface area contributed by atoms with Crippen molar-refractivity contribution in [1.29, 1.82) is 0 Å².